The van der Waals surface area contributed by atoms with Crippen LogP contribution in [0.15, 0.2) is 23.1 Å². The van der Waals surface area contributed by atoms with Crippen molar-refractivity contribution < 1.29 is 13.3 Å². The zero-order valence-electron chi connectivity index (χ0n) is 11.8. The first-order chi connectivity index (χ1) is 9.83. The topological polar surface area (TPSA) is 115 Å². The van der Waals surface area contributed by atoms with Gasteiger partial charge in [0.15, 0.2) is 4.90 Å². The van der Waals surface area contributed by atoms with E-state index in [9.17, 15) is 18.5 Å². The van der Waals surface area contributed by atoms with Crippen molar-refractivity contribution in [3.05, 3.63) is 28.3 Å². The monoisotopic (exact) mass is 313 g/mol. The number of nitrogens with two attached hydrogens (primary N) is 1. The molecule has 0 radical (unpaired) electrons. The molecular weight excluding hydrogens is 294 g/mol. The zero-order chi connectivity index (χ0) is 15.6. The van der Waals surface area contributed by atoms with Crippen LogP contribution in [-0.4, -0.2) is 19.4 Å². The molecule has 0 aromatic heterocycles. The number of nitro benzene ring substituents is 1. The van der Waals surface area contributed by atoms with Crippen molar-refractivity contribution in [2.24, 2.45) is 5.92 Å². The number of nitrogens with zero attached hydrogens (tertiary/aromatic N) is 1. The van der Waals surface area contributed by atoms with Gasteiger partial charge in [-0.25, -0.2) is 13.1 Å². The molecule has 1 aliphatic rings. The van der Waals surface area contributed by atoms with E-state index >= 15 is 0 Å². The first-order valence-corrected chi connectivity index (χ1v) is 8.38. The van der Waals surface area contributed by atoms with Crippen molar-refractivity contribution in [3.8, 4) is 0 Å². The molecule has 1 unspecified atom stereocenters. The Morgan fingerprint density at radius 3 is 2.67 bits per heavy atom. The lowest BCUT2D eigenvalue weighted by Crippen LogP contribution is -2.35. The van der Waals surface area contributed by atoms with Crippen molar-refractivity contribution in [2.45, 2.75) is 43.5 Å². The number of nitrogen functional groups attached to an aromatic ring is 1. The summed E-state index contributed by atoms with van der Waals surface area (Å²) >= 11 is 0. The third kappa shape index (κ3) is 3.92. The van der Waals surface area contributed by atoms with E-state index in [1.54, 1.807) is 0 Å². The van der Waals surface area contributed by atoms with Gasteiger partial charge in [-0.1, -0.05) is 19.8 Å². The van der Waals surface area contributed by atoms with Gasteiger partial charge < -0.3 is 5.73 Å². The predicted molar refractivity (Wildman–Crippen MR) is 79.3 cm³/mol. The van der Waals surface area contributed by atoms with Gasteiger partial charge in [-0.3, -0.25) is 10.1 Å². The summed E-state index contributed by atoms with van der Waals surface area (Å²) in [5, 5.41) is 11.0. The van der Waals surface area contributed by atoms with Gasteiger partial charge in [0.2, 0.25) is 10.0 Å². The predicted octanol–water partition coefficient (Wildman–Crippen LogP) is 2.03. The highest BCUT2D eigenvalue weighted by molar-refractivity contribution is 7.89. The Bertz CT molecular complexity index is 641. The summed E-state index contributed by atoms with van der Waals surface area (Å²) in [6, 6.07) is 3.36. The molecule has 0 spiro atoms. The number of sulfonamides is 1. The molecule has 1 atom stereocenters. The molecule has 1 saturated carbocycles. The average Bonchev–Trinajstić information content (AvgIpc) is 3.21. The summed E-state index contributed by atoms with van der Waals surface area (Å²) in [6.45, 7) is 1.89. The highest BCUT2D eigenvalue weighted by Gasteiger charge is 2.31. The second-order valence-corrected chi connectivity index (χ2v) is 7.07. The fraction of sp³-hybridized carbons (Fsp3) is 0.538. The molecule has 0 bridgehead atoms. The second kappa shape index (κ2) is 5.98. The number of rotatable bonds is 7. The van der Waals surface area contributed by atoms with E-state index < -0.39 is 20.6 Å². The molecule has 0 amide bonds. The zero-order valence-corrected chi connectivity index (χ0v) is 12.6. The SMILES string of the molecule is CCC(CC1CC1)NS(=O)(=O)c1cc(N)ccc1[N+](=O)[O-]. The molecular formula is C13H19N3O4S. The van der Waals surface area contributed by atoms with Crippen molar-refractivity contribution in [2.75, 3.05) is 5.73 Å². The molecule has 21 heavy (non-hydrogen) atoms. The van der Waals surface area contributed by atoms with Gasteiger partial charge in [0.05, 0.1) is 4.92 Å². The van der Waals surface area contributed by atoms with Crippen LogP contribution in [-0.2, 0) is 10.0 Å². The fourth-order valence-electron chi connectivity index (χ4n) is 2.23. The van der Waals surface area contributed by atoms with Crippen LogP contribution in [0.3, 0.4) is 0 Å². The molecule has 2 rings (SSSR count). The van der Waals surface area contributed by atoms with Gasteiger partial charge in [-0.05, 0) is 30.9 Å². The highest BCUT2D eigenvalue weighted by atomic mass is 32.2. The number of nitro groups is 1. The van der Waals surface area contributed by atoms with Crippen LogP contribution in [0.5, 0.6) is 0 Å². The maximum Gasteiger partial charge on any atom is 0.289 e. The lowest BCUT2D eigenvalue weighted by atomic mass is 10.1. The van der Waals surface area contributed by atoms with Crippen LogP contribution in [0.1, 0.15) is 32.6 Å². The molecule has 1 aromatic carbocycles. The van der Waals surface area contributed by atoms with Crippen molar-refractivity contribution in [1.29, 1.82) is 0 Å². The summed E-state index contributed by atoms with van der Waals surface area (Å²) in [5.41, 5.74) is 5.28. The van der Waals surface area contributed by atoms with E-state index in [2.05, 4.69) is 4.72 Å². The molecule has 1 aromatic rings. The third-order valence-corrected chi connectivity index (χ3v) is 5.15. The Morgan fingerprint density at radius 1 is 1.48 bits per heavy atom. The summed E-state index contributed by atoms with van der Waals surface area (Å²) in [4.78, 5) is 9.91. The first-order valence-electron chi connectivity index (χ1n) is 6.89. The molecule has 1 fully saturated rings. The van der Waals surface area contributed by atoms with E-state index in [0.717, 1.165) is 31.4 Å². The minimum atomic E-state index is -3.96. The summed E-state index contributed by atoms with van der Waals surface area (Å²) in [6.07, 6.45) is 3.66. The summed E-state index contributed by atoms with van der Waals surface area (Å²) in [7, 11) is -3.96. The summed E-state index contributed by atoms with van der Waals surface area (Å²) in [5.74, 6) is 0.563. The average molecular weight is 313 g/mol. The van der Waals surface area contributed by atoms with Gasteiger partial charge in [0.1, 0.15) is 0 Å². The van der Waals surface area contributed by atoms with E-state index in [0.29, 0.717) is 12.3 Å². The van der Waals surface area contributed by atoms with Gasteiger partial charge in [0.25, 0.3) is 5.69 Å². The Morgan fingerprint density at radius 2 is 2.14 bits per heavy atom. The lowest BCUT2D eigenvalue weighted by molar-refractivity contribution is -0.387. The molecule has 0 saturated heterocycles. The standard InChI is InChI=1S/C13H19N3O4S/c1-2-11(7-9-3-4-9)15-21(19,20)13-8-10(14)5-6-12(13)16(17)18/h5-6,8-9,11,15H,2-4,7,14H2,1H3. The number of anilines is 1. The molecule has 8 heteroatoms. The fourth-order valence-corrected chi connectivity index (χ4v) is 3.77. The first kappa shape index (κ1) is 15.7. The molecule has 116 valence electrons. The van der Waals surface area contributed by atoms with E-state index in [1.165, 1.54) is 6.07 Å². The Kier molecular flexibility index (Phi) is 4.48. The van der Waals surface area contributed by atoms with Crippen LogP contribution in [0.2, 0.25) is 0 Å². The van der Waals surface area contributed by atoms with E-state index in [4.69, 9.17) is 5.73 Å². The molecule has 0 aliphatic heterocycles. The van der Waals surface area contributed by atoms with Gasteiger partial charge >= 0.3 is 0 Å². The van der Waals surface area contributed by atoms with Crippen molar-refractivity contribution >= 4 is 21.4 Å². The molecule has 1 aliphatic carbocycles. The van der Waals surface area contributed by atoms with Crippen LogP contribution >= 0.6 is 0 Å². The summed E-state index contributed by atoms with van der Waals surface area (Å²) < 4.78 is 27.4. The molecule has 7 nitrogen and oxygen atoms in total. The number of benzene rings is 1. The minimum absolute atomic E-state index is 0.177. The van der Waals surface area contributed by atoms with Crippen molar-refractivity contribution in [3.63, 3.8) is 0 Å². The normalized spacial score (nSPS) is 16.6. The van der Waals surface area contributed by atoms with Crippen LogP contribution in [0.4, 0.5) is 11.4 Å². The quantitative estimate of drug-likeness (QED) is 0.454. The maximum atomic E-state index is 12.4. The van der Waals surface area contributed by atoms with Gasteiger partial charge in [-0.2, -0.15) is 0 Å². The lowest BCUT2D eigenvalue weighted by Gasteiger charge is -2.17. The van der Waals surface area contributed by atoms with Crippen LogP contribution < -0.4 is 10.5 Å². The number of nitrogens with one attached hydrogen (secondary N) is 1. The Hall–Kier alpha value is -1.67. The Labute approximate surface area is 123 Å². The van der Waals surface area contributed by atoms with E-state index in [1.807, 2.05) is 6.92 Å². The molecule has 0 heterocycles. The number of hydrogen-bond acceptors (Lipinski definition) is 5. The largest absolute Gasteiger partial charge is 0.399 e. The third-order valence-electron chi connectivity index (χ3n) is 3.60. The van der Waals surface area contributed by atoms with Gasteiger partial charge in [-0.15, -0.1) is 0 Å². The number of hydrogen-bond donors (Lipinski definition) is 2. The molecule has 3 N–H and O–H groups in total. The smallest absolute Gasteiger partial charge is 0.289 e. The highest BCUT2D eigenvalue weighted by Crippen LogP contribution is 2.34. The van der Waals surface area contributed by atoms with Crippen LogP contribution in [0.25, 0.3) is 0 Å². The van der Waals surface area contributed by atoms with Crippen LogP contribution in [0, 0.1) is 16.0 Å². The minimum Gasteiger partial charge on any atom is -0.399 e. The van der Waals surface area contributed by atoms with Gasteiger partial charge in [0, 0.05) is 17.8 Å². The van der Waals surface area contributed by atoms with Crippen molar-refractivity contribution in [1.82, 2.24) is 4.72 Å². The Balaban J connectivity index is 2.29. The maximum absolute atomic E-state index is 12.4. The van der Waals surface area contributed by atoms with E-state index in [-0.39, 0.29) is 16.6 Å². The second-order valence-electron chi connectivity index (χ2n) is 5.39.